The number of furan rings is 1. The van der Waals surface area contributed by atoms with Crippen LogP contribution in [0.1, 0.15) is 36.7 Å². The van der Waals surface area contributed by atoms with Crippen molar-refractivity contribution < 1.29 is 23.5 Å². The Kier molecular flexibility index (Phi) is 6.39. The van der Waals surface area contributed by atoms with Crippen LogP contribution in [0.4, 0.5) is 11.4 Å². The van der Waals surface area contributed by atoms with Gasteiger partial charge in [0.15, 0.2) is 11.5 Å². The second kappa shape index (κ2) is 9.14. The van der Waals surface area contributed by atoms with E-state index < -0.39 is 5.91 Å². The minimum absolute atomic E-state index is 0.0471. The topological polar surface area (TPSA) is 89.8 Å². The number of anilines is 2. The lowest BCUT2D eigenvalue weighted by Gasteiger charge is -2.11. The molecular formula is C22H24N2O5. The Labute approximate surface area is 169 Å². The molecule has 152 valence electrons. The molecule has 0 bridgehead atoms. The molecule has 0 spiro atoms. The Morgan fingerprint density at radius 3 is 2.48 bits per heavy atom. The molecule has 0 radical (unpaired) electrons. The molecule has 0 aliphatic rings. The molecule has 2 aromatic carbocycles. The molecule has 0 saturated carbocycles. The number of para-hydroxylation sites is 1. The van der Waals surface area contributed by atoms with E-state index in [2.05, 4.69) is 10.6 Å². The predicted octanol–water partition coefficient (Wildman–Crippen LogP) is 4.83. The van der Waals surface area contributed by atoms with Crippen molar-refractivity contribution in [1.29, 1.82) is 0 Å². The average Bonchev–Trinajstić information content (AvgIpc) is 3.10. The van der Waals surface area contributed by atoms with Gasteiger partial charge in [-0.15, -0.1) is 0 Å². The van der Waals surface area contributed by atoms with E-state index in [1.54, 1.807) is 24.3 Å². The average molecular weight is 396 g/mol. The summed E-state index contributed by atoms with van der Waals surface area (Å²) in [5, 5.41) is 6.30. The van der Waals surface area contributed by atoms with E-state index in [-0.39, 0.29) is 11.7 Å². The summed E-state index contributed by atoms with van der Waals surface area (Å²) in [5.74, 6) is 0.463. The fourth-order valence-electron chi connectivity index (χ4n) is 2.97. The first kappa shape index (κ1) is 20.3. The van der Waals surface area contributed by atoms with Gasteiger partial charge in [0.25, 0.3) is 5.91 Å². The minimum Gasteiger partial charge on any atom is -0.493 e. The van der Waals surface area contributed by atoms with Gasteiger partial charge in [0.1, 0.15) is 11.3 Å². The number of ether oxygens (including phenoxy) is 2. The molecule has 2 amide bonds. The number of carbonyl (C=O) groups is 2. The number of hydrogen-bond donors (Lipinski definition) is 2. The molecular weight excluding hydrogens is 372 g/mol. The number of rotatable bonds is 8. The molecule has 29 heavy (non-hydrogen) atoms. The van der Waals surface area contributed by atoms with Crippen LogP contribution < -0.4 is 20.1 Å². The molecule has 1 heterocycles. The van der Waals surface area contributed by atoms with Crippen LogP contribution in [-0.2, 0) is 4.79 Å². The van der Waals surface area contributed by atoms with Gasteiger partial charge in [0, 0.05) is 23.6 Å². The van der Waals surface area contributed by atoms with Crippen molar-refractivity contribution in [3.8, 4) is 11.5 Å². The number of hydrogen-bond acceptors (Lipinski definition) is 5. The van der Waals surface area contributed by atoms with E-state index in [1.165, 1.54) is 14.2 Å². The Balaban J connectivity index is 1.91. The Bertz CT molecular complexity index is 1030. The number of fused-ring (bicyclic) bond motifs is 1. The van der Waals surface area contributed by atoms with Gasteiger partial charge in [-0.3, -0.25) is 9.59 Å². The smallest absolute Gasteiger partial charge is 0.293 e. The summed E-state index contributed by atoms with van der Waals surface area (Å²) >= 11 is 0. The summed E-state index contributed by atoms with van der Waals surface area (Å²) in [4.78, 5) is 25.2. The predicted molar refractivity (Wildman–Crippen MR) is 112 cm³/mol. The maximum atomic E-state index is 12.9. The van der Waals surface area contributed by atoms with E-state index in [9.17, 15) is 9.59 Å². The lowest BCUT2D eigenvalue weighted by atomic mass is 10.2. The van der Waals surface area contributed by atoms with Gasteiger partial charge in [-0.1, -0.05) is 25.5 Å². The molecule has 0 aliphatic carbocycles. The molecule has 3 aromatic rings. The second-order valence-electron chi connectivity index (χ2n) is 6.48. The molecule has 0 unspecified atom stereocenters. The zero-order valence-corrected chi connectivity index (χ0v) is 16.7. The maximum Gasteiger partial charge on any atom is 0.293 e. The molecule has 7 nitrogen and oxygen atoms in total. The highest BCUT2D eigenvalue weighted by atomic mass is 16.5. The van der Waals surface area contributed by atoms with Crippen LogP contribution in [0.15, 0.2) is 46.9 Å². The number of carbonyl (C=O) groups excluding carboxylic acids is 2. The third kappa shape index (κ3) is 4.51. The first-order valence-electron chi connectivity index (χ1n) is 9.42. The van der Waals surface area contributed by atoms with E-state index in [0.29, 0.717) is 40.3 Å². The summed E-state index contributed by atoms with van der Waals surface area (Å²) in [6.45, 7) is 2.02. The summed E-state index contributed by atoms with van der Waals surface area (Å²) in [6, 6.07) is 12.2. The Hall–Kier alpha value is -3.48. The molecule has 7 heteroatoms. The first-order valence-corrected chi connectivity index (χ1v) is 9.42. The third-order valence-corrected chi connectivity index (χ3v) is 4.46. The van der Waals surface area contributed by atoms with Gasteiger partial charge in [-0.05, 0) is 30.7 Å². The zero-order valence-electron chi connectivity index (χ0n) is 16.7. The van der Waals surface area contributed by atoms with Crippen LogP contribution in [-0.4, -0.2) is 26.0 Å². The highest BCUT2D eigenvalue weighted by molar-refractivity contribution is 6.14. The summed E-state index contributed by atoms with van der Waals surface area (Å²) in [7, 11) is 3.06. The van der Waals surface area contributed by atoms with E-state index in [0.717, 1.165) is 12.8 Å². The molecule has 0 atom stereocenters. The lowest BCUT2D eigenvalue weighted by Crippen LogP contribution is -2.17. The Morgan fingerprint density at radius 1 is 1.00 bits per heavy atom. The summed E-state index contributed by atoms with van der Waals surface area (Å²) in [5.41, 5.74) is 1.41. The van der Waals surface area contributed by atoms with Crippen LogP contribution >= 0.6 is 0 Å². The summed E-state index contributed by atoms with van der Waals surface area (Å²) in [6.07, 6.45) is 2.06. The number of methoxy groups -OCH3 is 2. The highest BCUT2D eigenvalue weighted by Gasteiger charge is 2.22. The first-order chi connectivity index (χ1) is 14.1. The summed E-state index contributed by atoms with van der Waals surface area (Å²) < 4.78 is 16.2. The van der Waals surface area contributed by atoms with Crippen molar-refractivity contribution >= 4 is 34.2 Å². The monoisotopic (exact) mass is 396 g/mol. The van der Waals surface area contributed by atoms with Crippen molar-refractivity contribution in [2.45, 2.75) is 26.2 Å². The van der Waals surface area contributed by atoms with Crippen molar-refractivity contribution in [2.75, 3.05) is 24.9 Å². The van der Waals surface area contributed by atoms with Crippen LogP contribution in [0.5, 0.6) is 11.5 Å². The number of amides is 2. The van der Waals surface area contributed by atoms with E-state index >= 15 is 0 Å². The van der Waals surface area contributed by atoms with Gasteiger partial charge in [-0.2, -0.15) is 0 Å². The van der Waals surface area contributed by atoms with Gasteiger partial charge >= 0.3 is 0 Å². The van der Waals surface area contributed by atoms with Gasteiger partial charge in [-0.25, -0.2) is 0 Å². The zero-order chi connectivity index (χ0) is 20.8. The third-order valence-electron chi connectivity index (χ3n) is 4.46. The fourth-order valence-corrected chi connectivity index (χ4v) is 2.97. The van der Waals surface area contributed by atoms with E-state index in [4.69, 9.17) is 13.9 Å². The van der Waals surface area contributed by atoms with Crippen molar-refractivity contribution in [3.63, 3.8) is 0 Å². The van der Waals surface area contributed by atoms with Crippen molar-refractivity contribution in [2.24, 2.45) is 0 Å². The molecule has 1 aromatic heterocycles. The van der Waals surface area contributed by atoms with Gasteiger partial charge in [0.2, 0.25) is 11.7 Å². The SMILES string of the molecule is CCCCC(=O)Nc1c(C(=O)Nc2ccc(OC)c(OC)c2)oc2ccccc12. The van der Waals surface area contributed by atoms with E-state index in [1.807, 2.05) is 25.1 Å². The number of benzene rings is 2. The lowest BCUT2D eigenvalue weighted by molar-refractivity contribution is -0.116. The molecule has 2 N–H and O–H groups in total. The van der Waals surface area contributed by atoms with Crippen LogP contribution in [0, 0.1) is 0 Å². The number of unbranched alkanes of at least 4 members (excludes halogenated alkanes) is 1. The largest absolute Gasteiger partial charge is 0.493 e. The second-order valence-corrected chi connectivity index (χ2v) is 6.48. The highest BCUT2D eigenvalue weighted by Crippen LogP contribution is 2.33. The molecule has 0 aliphatic heterocycles. The molecule has 0 saturated heterocycles. The van der Waals surface area contributed by atoms with Gasteiger partial charge in [0.05, 0.1) is 14.2 Å². The Morgan fingerprint density at radius 2 is 1.76 bits per heavy atom. The van der Waals surface area contributed by atoms with Crippen LogP contribution in [0.3, 0.4) is 0 Å². The molecule has 3 rings (SSSR count). The minimum atomic E-state index is -0.473. The van der Waals surface area contributed by atoms with Gasteiger partial charge < -0.3 is 24.5 Å². The maximum absolute atomic E-state index is 12.9. The molecule has 0 fully saturated rings. The normalized spacial score (nSPS) is 10.6. The van der Waals surface area contributed by atoms with Crippen molar-refractivity contribution in [3.05, 3.63) is 48.2 Å². The van der Waals surface area contributed by atoms with Crippen LogP contribution in [0.2, 0.25) is 0 Å². The fraction of sp³-hybridized carbons (Fsp3) is 0.273. The standard InChI is InChI=1S/C22H24N2O5/c1-4-5-10-19(25)24-20-15-8-6-7-9-16(15)29-21(20)22(26)23-14-11-12-17(27-2)18(13-14)28-3/h6-9,11-13H,4-5,10H2,1-3H3,(H,23,26)(H,24,25). The quantitative estimate of drug-likeness (QED) is 0.569. The van der Waals surface area contributed by atoms with Crippen LogP contribution in [0.25, 0.3) is 11.0 Å². The van der Waals surface area contributed by atoms with Crippen molar-refractivity contribution in [1.82, 2.24) is 0 Å². The number of nitrogens with one attached hydrogen (secondary N) is 2.